The second kappa shape index (κ2) is 35.5. The molecule has 0 saturated carbocycles. The average molecular weight is 751 g/mol. The van der Waals surface area contributed by atoms with Gasteiger partial charge in [-0.3, -0.25) is 14.1 Å². The molecule has 0 amide bonds. The summed E-state index contributed by atoms with van der Waals surface area (Å²) in [7, 11) is -4.78. The van der Waals surface area contributed by atoms with Crippen LogP contribution in [0.1, 0.15) is 149 Å². The van der Waals surface area contributed by atoms with Gasteiger partial charge in [0.05, 0.1) is 12.7 Å². The fraction of sp³-hybridized carbons (Fsp3) is 0.667. The fourth-order valence-electron chi connectivity index (χ4n) is 5.08. The Balaban J connectivity index is 4.14. The standard InChI is InChI=1S/C42H71O9P/c1-4-5-26-32-39(43)33-28-23-19-15-11-7-6-8-12-17-21-25-30-35-42(45)51-40(37-50-52(46,47)48)36-49-41(44)34-29-24-20-16-13-9-10-14-18-22-27-31-38(2)3/h5,7-8,11-12,19,21,23,25-26,28,33,38-40,43H,4,6,9-10,13-18,20,22,24,27,29-32,34-37H2,1-3H3,(H2,46,47,48)/b11-7-,12-8-,23-19+,25-21-,26-5-,33-28+/t39?,40-/m1/s1. The summed E-state index contributed by atoms with van der Waals surface area (Å²) in [6, 6.07) is 0. The average Bonchev–Trinajstić information content (AvgIpc) is 3.09. The minimum Gasteiger partial charge on any atom is -0.462 e. The number of carbonyl (C=O) groups excluding carboxylic acids is 2. The van der Waals surface area contributed by atoms with Crippen LogP contribution in [0, 0.1) is 5.92 Å². The summed E-state index contributed by atoms with van der Waals surface area (Å²) in [4.78, 5) is 42.7. The van der Waals surface area contributed by atoms with E-state index >= 15 is 0 Å². The van der Waals surface area contributed by atoms with Crippen LogP contribution in [0.3, 0.4) is 0 Å². The van der Waals surface area contributed by atoms with Gasteiger partial charge in [0.25, 0.3) is 0 Å². The summed E-state index contributed by atoms with van der Waals surface area (Å²) in [5.41, 5.74) is 0. The van der Waals surface area contributed by atoms with E-state index in [0.717, 1.165) is 50.9 Å². The van der Waals surface area contributed by atoms with E-state index in [0.29, 0.717) is 19.3 Å². The van der Waals surface area contributed by atoms with Crippen LogP contribution in [0.15, 0.2) is 72.9 Å². The molecule has 0 heterocycles. The van der Waals surface area contributed by atoms with E-state index in [-0.39, 0.29) is 19.4 Å². The number of carbonyl (C=O) groups is 2. The molecule has 0 spiro atoms. The zero-order valence-corrected chi connectivity index (χ0v) is 33.3. The SMILES string of the molecule is CC/C=C\CC(O)/C=C/C=C/C/C=C\C/C=C\C/C=C\CCC(=O)O[C@H](COC(=O)CCCCCCCCCCCCCC(C)C)COP(=O)(O)O. The van der Waals surface area contributed by atoms with Gasteiger partial charge in [-0.25, -0.2) is 4.57 Å². The van der Waals surface area contributed by atoms with E-state index in [9.17, 15) is 19.3 Å². The molecule has 0 aliphatic heterocycles. The molecule has 0 saturated heterocycles. The number of phosphoric acid groups is 1. The van der Waals surface area contributed by atoms with E-state index in [1.807, 2.05) is 48.6 Å². The molecule has 0 aliphatic rings. The Morgan fingerprint density at radius 1 is 0.654 bits per heavy atom. The monoisotopic (exact) mass is 750 g/mol. The summed E-state index contributed by atoms with van der Waals surface area (Å²) >= 11 is 0. The van der Waals surface area contributed by atoms with Crippen molar-refractivity contribution in [1.82, 2.24) is 0 Å². The Labute approximate surface area is 315 Å². The molecule has 0 fully saturated rings. The maximum absolute atomic E-state index is 12.3. The van der Waals surface area contributed by atoms with Crippen molar-refractivity contribution in [2.75, 3.05) is 13.2 Å². The van der Waals surface area contributed by atoms with Crippen molar-refractivity contribution in [3.63, 3.8) is 0 Å². The number of aliphatic hydroxyl groups excluding tert-OH is 1. The first-order valence-corrected chi connectivity index (χ1v) is 21.2. The highest BCUT2D eigenvalue weighted by Gasteiger charge is 2.22. The van der Waals surface area contributed by atoms with Crippen LogP contribution in [0.2, 0.25) is 0 Å². The quantitative estimate of drug-likeness (QED) is 0.0193. The van der Waals surface area contributed by atoms with Crippen LogP contribution < -0.4 is 0 Å². The molecule has 0 bridgehead atoms. The molecule has 2 atom stereocenters. The minimum absolute atomic E-state index is 0.0686. The predicted octanol–water partition coefficient (Wildman–Crippen LogP) is 10.7. The summed E-state index contributed by atoms with van der Waals surface area (Å²) in [6.45, 7) is 5.72. The third kappa shape index (κ3) is 38.7. The molecule has 52 heavy (non-hydrogen) atoms. The molecular formula is C42H71O9P. The highest BCUT2D eigenvalue weighted by Crippen LogP contribution is 2.36. The molecule has 298 valence electrons. The lowest BCUT2D eigenvalue weighted by Crippen LogP contribution is -2.29. The van der Waals surface area contributed by atoms with Crippen LogP contribution in [0.5, 0.6) is 0 Å². The maximum atomic E-state index is 12.3. The van der Waals surface area contributed by atoms with Crippen molar-refractivity contribution >= 4 is 19.8 Å². The molecule has 0 radical (unpaired) electrons. The number of esters is 2. The molecule has 10 heteroatoms. The number of ether oxygens (including phenoxy) is 2. The predicted molar refractivity (Wildman–Crippen MR) is 213 cm³/mol. The maximum Gasteiger partial charge on any atom is 0.469 e. The van der Waals surface area contributed by atoms with Gasteiger partial charge in [-0.1, -0.05) is 164 Å². The first-order valence-electron chi connectivity index (χ1n) is 19.7. The van der Waals surface area contributed by atoms with E-state index in [1.165, 1.54) is 51.4 Å². The summed E-state index contributed by atoms with van der Waals surface area (Å²) < 4.78 is 26.2. The normalized spacial score (nSPS) is 14.0. The van der Waals surface area contributed by atoms with Crippen molar-refractivity contribution < 1.29 is 43.0 Å². The zero-order chi connectivity index (χ0) is 38.5. The molecule has 0 aromatic rings. The van der Waals surface area contributed by atoms with Crippen molar-refractivity contribution in [2.45, 2.75) is 161 Å². The molecular weight excluding hydrogens is 679 g/mol. The van der Waals surface area contributed by atoms with Crippen molar-refractivity contribution in [1.29, 1.82) is 0 Å². The lowest BCUT2D eigenvalue weighted by Gasteiger charge is -2.18. The van der Waals surface area contributed by atoms with Gasteiger partial charge in [-0.2, -0.15) is 0 Å². The Hall–Kier alpha value is -2.55. The topological polar surface area (TPSA) is 140 Å². The first kappa shape index (κ1) is 49.5. The Morgan fingerprint density at radius 3 is 1.79 bits per heavy atom. The lowest BCUT2D eigenvalue weighted by molar-refractivity contribution is -0.161. The van der Waals surface area contributed by atoms with E-state index < -0.39 is 38.6 Å². The van der Waals surface area contributed by atoms with Gasteiger partial charge in [0, 0.05) is 12.8 Å². The van der Waals surface area contributed by atoms with E-state index in [1.54, 1.807) is 6.08 Å². The van der Waals surface area contributed by atoms with Crippen LogP contribution in [0.4, 0.5) is 0 Å². The van der Waals surface area contributed by atoms with Gasteiger partial charge in [0.15, 0.2) is 6.10 Å². The van der Waals surface area contributed by atoms with Crippen molar-refractivity contribution in [2.24, 2.45) is 5.92 Å². The molecule has 1 unspecified atom stereocenters. The molecule has 0 aliphatic carbocycles. The molecule has 9 nitrogen and oxygen atoms in total. The largest absolute Gasteiger partial charge is 0.469 e. The fourth-order valence-corrected chi connectivity index (χ4v) is 5.44. The third-order valence-electron chi connectivity index (χ3n) is 8.01. The van der Waals surface area contributed by atoms with Gasteiger partial charge in [0.1, 0.15) is 6.61 Å². The second-order valence-electron chi connectivity index (χ2n) is 13.6. The number of rotatable bonds is 34. The van der Waals surface area contributed by atoms with Gasteiger partial charge in [-0.05, 0) is 50.9 Å². The van der Waals surface area contributed by atoms with Gasteiger partial charge < -0.3 is 24.4 Å². The number of phosphoric ester groups is 1. The molecule has 0 rings (SSSR count). The highest BCUT2D eigenvalue weighted by atomic mass is 31.2. The molecule has 0 aromatic carbocycles. The number of hydrogen-bond donors (Lipinski definition) is 3. The highest BCUT2D eigenvalue weighted by molar-refractivity contribution is 7.46. The number of hydrogen-bond acceptors (Lipinski definition) is 7. The Bertz CT molecular complexity index is 1100. The van der Waals surface area contributed by atoms with Crippen LogP contribution in [0.25, 0.3) is 0 Å². The van der Waals surface area contributed by atoms with Crippen molar-refractivity contribution in [3.8, 4) is 0 Å². The summed E-state index contributed by atoms with van der Waals surface area (Å²) in [6.07, 6.45) is 41.1. The van der Waals surface area contributed by atoms with Crippen LogP contribution in [-0.4, -0.2) is 52.3 Å². The van der Waals surface area contributed by atoms with Gasteiger partial charge in [-0.15, -0.1) is 0 Å². The molecule has 0 aromatic heterocycles. The van der Waals surface area contributed by atoms with E-state index in [4.69, 9.17) is 19.3 Å². The van der Waals surface area contributed by atoms with Crippen LogP contribution in [-0.2, 0) is 28.2 Å². The Kier molecular flexibility index (Phi) is 33.7. The van der Waals surface area contributed by atoms with Crippen molar-refractivity contribution in [3.05, 3.63) is 72.9 Å². The number of aliphatic hydroxyl groups is 1. The van der Waals surface area contributed by atoms with Gasteiger partial charge in [0.2, 0.25) is 0 Å². The Morgan fingerprint density at radius 2 is 1.21 bits per heavy atom. The van der Waals surface area contributed by atoms with E-state index in [2.05, 4.69) is 43.5 Å². The second-order valence-corrected chi connectivity index (χ2v) is 14.8. The molecule has 3 N–H and O–H groups in total. The number of unbranched alkanes of at least 4 members (excludes halogenated alkanes) is 10. The van der Waals surface area contributed by atoms with Crippen LogP contribution >= 0.6 is 7.82 Å². The third-order valence-corrected chi connectivity index (χ3v) is 8.50. The van der Waals surface area contributed by atoms with Gasteiger partial charge >= 0.3 is 19.8 Å². The number of allylic oxidation sites excluding steroid dienone is 10. The lowest BCUT2D eigenvalue weighted by atomic mass is 10.0. The summed E-state index contributed by atoms with van der Waals surface area (Å²) in [5.74, 6) is -0.207. The zero-order valence-electron chi connectivity index (χ0n) is 32.5. The first-order chi connectivity index (χ1) is 25.0. The minimum atomic E-state index is -4.78. The summed E-state index contributed by atoms with van der Waals surface area (Å²) in [5, 5.41) is 9.81. The smallest absolute Gasteiger partial charge is 0.462 e.